The van der Waals surface area contributed by atoms with Crippen molar-refractivity contribution in [2.45, 2.75) is 45.2 Å². The highest BCUT2D eigenvalue weighted by atomic mass is 16.1. The number of rotatable bonds is 7. The molecule has 0 radical (unpaired) electrons. The van der Waals surface area contributed by atoms with E-state index in [1.54, 1.807) is 0 Å². The Morgan fingerprint density at radius 2 is 1.88 bits per heavy atom. The summed E-state index contributed by atoms with van der Waals surface area (Å²) in [5.41, 5.74) is 6.51. The maximum Gasteiger partial charge on any atom is 0.218 e. The largest absolute Gasteiger partial charge is 0.370 e. The molecule has 1 aromatic carbocycles. The van der Waals surface area contributed by atoms with E-state index >= 15 is 0 Å². The highest BCUT2D eigenvalue weighted by Gasteiger charge is 2.09. The first-order valence-electron chi connectivity index (χ1n) is 6.16. The maximum absolute atomic E-state index is 10.8. The van der Waals surface area contributed by atoms with Crippen molar-refractivity contribution in [2.24, 2.45) is 5.73 Å². The van der Waals surface area contributed by atoms with Gasteiger partial charge in [-0.05, 0) is 32.3 Å². The smallest absolute Gasteiger partial charge is 0.218 e. The lowest BCUT2D eigenvalue weighted by atomic mass is 10.1. The van der Waals surface area contributed by atoms with Crippen molar-refractivity contribution in [3.05, 3.63) is 35.9 Å². The fraction of sp³-hybridized carbons (Fsp3) is 0.500. The number of amides is 1. The van der Waals surface area contributed by atoms with E-state index in [9.17, 15) is 4.79 Å². The van der Waals surface area contributed by atoms with Crippen LogP contribution in [0.1, 0.15) is 32.3 Å². The normalized spacial score (nSPS) is 14.2. The minimum absolute atomic E-state index is 0.151. The zero-order chi connectivity index (χ0) is 12.7. The van der Waals surface area contributed by atoms with Crippen LogP contribution in [-0.4, -0.2) is 18.0 Å². The van der Waals surface area contributed by atoms with Crippen molar-refractivity contribution >= 4 is 5.91 Å². The Hall–Kier alpha value is -1.35. The van der Waals surface area contributed by atoms with Gasteiger partial charge in [0.05, 0.1) is 0 Å². The molecule has 0 aliphatic rings. The summed E-state index contributed by atoms with van der Waals surface area (Å²) in [4.78, 5) is 10.8. The number of carbonyl (C=O) groups excluding carboxylic acids is 1. The molecule has 94 valence electrons. The minimum atomic E-state index is -0.250. The topological polar surface area (TPSA) is 55.1 Å². The van der Waals surface area contributed by atoms with Gasteiger partial charge in [0, 0.05) is 18.5 Å². The molecule has 0 saturated heterocycles. The molecule has 0 fully saturated rings. The number of benzene rings is 1. The van der Waals surface area contributed by atoms with Gasteiger partial charge in [-0.15, -0.1) is 0 Å². The van der Waals surface area contributed by atoms with E-state index in [0.29, 0.717) is 12.5 Å². The van der Waals surface area contributed by atoms with Crippen molar-refractivity contribution in [2.75, 3.05) is 0 Å². The molecule has 0 aliphatic carbocycles. The van der Waals surface area contributed by atoms with Crippen LogP contribution in [0.15, 0.2) is 30.3 Å². The third kappa shape index (κ3) is 6.07. The van der Waals surface area contributed by atoms with Gasteiger partial charge in [0.25, 0.3) is 0 Å². The Morgan fingerprint density at radius 1 is 1.24 bits per heavy atom. The van der Waals surface area contributed by atoms with E-state index in [1.165, 1.54) is 5.56 Å². The average Bonchev–Trinajstić information content (AvgIpc) is 2.26. The molecule has 0 aliphatic heterocycles. The summed E-state index contributed by atoms with van der Waals surface area (Å²) in [6.07, 6.45) is 2.51. The number of hydrogen-bond acceptors (Lipinski definition) is 2. The molecule has 0 saturated carbocycles. The fourth-order valence-corrected chi connectivity index (χ4v) is 1.96. The van der Waals surface area contributed by atoms with E-state index in [0.717, 1.165) is 12.8 Å². The van der Waals surface area contributed by atoms with Gasteiger partial charge in [0.2, 0.25) is 5.91 Å². The van der Waals surface area contributed by atoms with Crippen LogP contribution in [0.2, 0.25) is 0 Å². The SMILES string of the molecule is CC(CCc1ccccc1)NC(C)CC(N)=O. The second-order valence-corrected chi connectivity index (χ2v) is 4.66. The van der Waals surface area contributed by atoms with Gasteiger partial charge in [-0.3, -0.25) is 4.79 Å². The number of primary amides is 1. The van der Waals surface area contributed by atoms with Gasteiger partial charge in [-0.25, -0.2) is 0 Å². The molecular formula is C14H22N2O. The van der Waals surface area contributed by atoms with E-state index < -0.39 is 0 Å². The van der Waals surface area contributed by atoms with Crippen molar-refractivity contribution in [1.29, 1.82) is 0 Å². The molecule has 3 N–H and O–H groups in total. The molecule has 1 amide bonds. The van der Waals surface area contributed by atoms with E-state index in [2.05, 4.69) is 36.5 Å². The van der Waals surface area contributed by atoms with E-state index in [4.69, 9.17) is 5.73 Å². The molecule has 2 atom stereocenters. The first kappa shape index (κ1) is 13.7. The van der Waals surface area contributed by atoms with Gasteiger partial charge in [-0.2, -0.15) is 0 Å². The van der Waals surface area contributed by atoms with Gasteiger partial charge in [-0.1, -0.05) is 30.3 Å². The predicted octanol–water partition coefficient (Wildman–Crippen LogP) is 1.86. The molecule has 2 unspecified atom stereocenters. The number of hydrogen-bond donors (Lipinski definition) is 2. The van der Waals surface area contributed by atoms with Crippen molar-refractivity contribution < 1.29 is 4.79 Å². The summed E-state index contributed by atoms with van der Waals surface area (Å²) in [5.74, 6) is -0.250. The molecular weight excluding hydrogens is 212 g/mol. The summed E-state index contributed by atoms with van der Waals surface area (Å²) in [5, 5.41) is 3.38. The monoisotopic (exact) mass is 234 g/mol. The second kappa shape index (κ2) is 7.07. The summed E-state index contributed by atoms with van der Waals surface area (Å²) in [7, 11) is 0. The first-order chi connectivity index (χ1) is 8.08. The number of nitrogens with one attached hydrogen (secondary N) is 1. The highest BCUT2D eigenvalue weighted by Crippen LogP contribution is 2.05. The number of carbonyl (C=O) groups is 1. The second-order valence-electron chi connectivity index (χ2n) is 4.66. The lowest BCUT2D eigenvalue weighted by Gasteiger charge is -2.18. The van der Waals surface area contributed by atoms with Crippen molar-refractivity contribution in [3.63, 3.8) is 0 Å². The number of aryl methyl sites for hydroxylation is 1. The maximum atomic E-state index is 10.8. The molecule has 1 aromatic rings. The summed E-state index contributed by atoms with van der Waals surface area (Å²) in [6, 6.07) is 11.0. The van der Waals surface area contributed by atoms with Crippen LogP contribution < -0.4 is 11.1 Å². The molecule has 0 bridgehead atoms. The molecule has 3 heteroatoms. The van der Waals surface area contributed by atoms with Gasteiger partial charge in [0.1, 0.15) is 0 Å². The summed E-state index contributed by atoms with van der Waals surface area (Å²) >= 11 is 0. The van der Waals surface area contributed by atoms with Crippen LogP contribution in [-0.2, 0) is 11.2 Å². The summed E-state index contributed by atoms with van der Waals surface area (Å²) in [6.45, 7) is 4.13. The Bertz CT molecular complexity index is 337. The lowest BCUT2D eigenvalue weighted by molar-refractivity contribution is -0.118. The van der Waals surface area contributed by atoms with Crippen LogP contribution in [0.4, 0.5) is 0 Å². The molecule has 0 heterocycles. The lowest BCUT2D eigenvalue weighted by Crippen LogP contribution is -2.37. The van der Waals surface area contributed by atoms with Gasteiger partial charge in [0.15, 0.2) is 0 Å². The van der Waals surface area contributed by atoms with Crippen LogP contribution in [0.5, 0.6) is 0 Å². The van der Waals surface area contributed by atoms with Crippen LogP contribution in [0.25, 0.3) is 0 Å². The first-order valence-corrected chi connectivity index (χ1v) is 6.16. The molecule has 17 heavy (non-hydrogen) atoms. The Balaban J connectivity index is 2.25. The zero-order valence-corrected chi connectivity index (χ0v) is 10.6. The number of nitrogens with two attached hydrogens (primary N) is 1. The average molecular weight is 234 g/mol. The predicted molar refractivity (Wildman–Crippen MR) is 70.6 cm³/mol. The third-order valence-electron chi connectivity index (χ3n) is 2.79. The van der Waals surface area contributed by atoms with Gasteiger partial charge < -0.3 is 11.1 Å². The van der Waals surface area contributed by atoms with Gasteiger partial charge >= 0.3 is 0 Å². The Labute approximate surface area is 103 Å². The van der Waals surface area contributed by atoms with Crippen molar-refractivity contribution in [3.8, 4) is 0 Å². The van der Waals surface area contributed by atoms with Crippen LogP contribution >= 0.6 is 0 Å². The van der Waals surface area contributed by atoms with Crippen LogP contribution in [0.3, 0.4) is 0 Å². The van der Waals surface area contributed by atoms with Crippen LogP contribution in [0, 0.1) is 0 Å². The van der Waals surface area contributed by atoms with E-state index in [-0.39, 0.29) is 11.9 Å². The Kier molecular flexibility index (Phi) is 5.70. The molecule has 0 spiro atoms. The van der Waals surface area contributed by atoms with Crippen molar-refractivity contribution in [1.82, 2.24) is 5.32 Å². The quantitative estimate of drug-likeness (QED) is 0.756. The summed E-state index contributed by atoms with van der Waals surface area (Å²) < 4.78 is 0. The zero-order valence-electron chi connectivity index (χ0n) is 10.6. The molecule has 0 aromatic heterocycles. The minimum Gasteiger partial charge on any atom is -0.370 e. The third-order valence-corrected chi connectivity index (χ3v) is 2.79. The molecule has 3 nitrogen and oxygen atoms in total. The highest BCUT2D eigenvalue weighted by molar-refractivity contribution is 5.74. The fourth-order valence-electron chi connectivity index (χ4n) is 1.96. The van der Waals surface area contributed by atoms with E-state index in [1.807, 2.05) is 13.0 Å². The Morgan fingerprint density at radius 3 is 2.47 bits per heavy atom. The molecule has 1 rings (SSSR count). The standard InChI is InChI=1S/C14H22N2O/c1-11(16-12(2)10-14(15)17)8-9-13-6-4-3-5-7-13/h3-7,11-12,16H,8-10H2,1-2H3,(H2,15,17).